The molecule has 0 aliphatic rings. The van der Waals surface area contributed by atoms with Crippen molar-refractivity contribution in [2.24, 2.45) is 11.8 Å². The highest BCUT2D eigenvalue weighted by Gasteiger charge is 2.20. The lowest BCUT2D eigenvalue weighted by atomic mass is 9.97. The van der Waals surface area contributed by atoms with Gasteiger partial charge in [-0.25, -0.2) is 0 Å². The molecule has 0 saturated carbocycles. The van der Waals surface area contributed by atoms with Crippen LogP contribution >= 0.6 is 22.6 Å². The lowest BCUT2D eigenvalue weighted by Crippen LogP contribution is -2.38. The van der Waals surface area contributed by atoms with Gasteiger partial charge in [-0.1, -0.05) is 43.4 Å². The molecule has 2 unspecified atom stereocenters. The Bertz CT molecular complexity index is 231. The third-order valence-electron chi connectivity index (χ3n) is 2.33. The predicted molar refractivity (Wildman–Crippen MR) is 66.8 cm³/mol. The third kappa shape index (κ3) is 5.34. The minimum atomic E-state index is -0.323. The number of rotatable bonds is 5. The fourth-order valence-corrected chi connectivity index (χ4v) is 1.34. The first-order valence-corrected chi connectivity index (χ1v) is 6.14. The van der Waals surface area contributed by atoms with Gasteiger partial charge in [0.15, 0.2) is 0 Å². The van der Waals surface area contributed by atoms with Gasteiger partial charge in [0.05, 0.1) is 7.11 Å². The third-order valence-corrected chi connectivity index (χ3v) is 3.27. The van der Waals surface area contributed by atoms with Crippen LogP contribution in [0.25, 0.3) is 0 Å². The standard InChI is InChI=1S/C10H18INO3/c1-6(2)7(3)9(13)12-5-8(11)10(14)15-4/h6-8H,5H2,1-4H3,(H,12,13). The minimum Gasteiger partial charge on any atom is -0.468 e. The Morgan fingerprint density at radius 3 is 2.27 bits per heavy atom. The first-order chi connectivity index (χ1) is 6.90. The Morgan fingerprint density at radius 1 is 1.33 bits per heavy atom. The van der Waals surface area contributed by atoms with Crippen LogP contribution in [0.2, 0.25) is 0 Å². The van der Waals surface area contributed by atoms with Gasteiger partial charge in [-0.3, -0.25) is 9.59 Å². The number of alkyl halides is 1. The van der Waals surface area contributed by atoms with E-state index in [9.17, 15) is 9.59 Å². The molecule has 0 aromatic heterocycles. The van der Waals surface area contributed by atoms with Crippen LogP contribution in [0.5, 0.6) is 0 Å². The number of halogens is 1. The molecule has 0 spiro atoms. The van der Waals surface area contributed by atoms with Crippen LogP contribution in [0.3, 0.4) is 0 Å². The largest absolute Gasteiger partial charge is 0.468 e. The number of hydrogen-bond acceptors (Lipinski definition) is 3. The van der Waals surface area contributed by atoms with Gasteiger partial charge in [-0.15, -0.1) is 0 Å². The summed E-state index contributed by atoms with van der Waals surface area (Å²) in [4.78, 5) is 22.6. The monoisotopic (exact) mass is 327 g/mol. The Labute approximate surface area is 104 Å². The summed E-state index contributed by atoms with van der Waals surface area (Å²) in [5, 5.41) is 2.73. The number of ether oxygens (including phenoxy) is 1. The normalized spacial score (nSPS) is 14.5. The summed E-state index contributed by atoms with van der Waals surface area (Å²) >= 11 is 1.95. The quantitative estimate of drug-likeness (QED) is 0.471. The van der Waals surface area contributed by atoms with Crippen LogP contribution in [0.4, 0.5) is 0 Å². The summed E-state index contributed by atoms with van der Waals surface area (Å²) in [6.45, 7) is 6.18. The molecule has 88 valence electrons. The van der Waals surface area contributed by atoms with Gasteiger partial charge in [0, 0.05) is 12.5 Å². The van der Waals surface area contributed by atoms with Crippen LogP contribution in [-0.2, 0) is 14.3 Å². The van der Waals surface area contributed by atoms with Crippen molar-refractivity contribution in [2.75, 3.05) is 13.7 Å². The molecule has 2 atom stereocenters. The van der Waals surface area contributed by atoms with Crippen molar-refractivity contribution in [1.82, 2.24) is 5.32 Å². The van der Waals surface area contributed by atoms with Gasteiger partial charge in [0.1, 0.15) is 3.92 Å². The molecule has 5 heteroatoms. The van der Waals surface area contributed by atoms with E-state index in [4.69, 9.17) is 0 Å². The maximum atomic E-state index is 11.5. The van der Waals surface area contributed by atoms with Gasteiger partial charge in [0.2, 0.25) is 5.91 Å². The summed E-state index contributed by atoms with van der Waals surface area (Å²) in [7, 11) is 1.34. The van der Waals surface area contributed by atoms with Crippen molar-refractivity contribution >= 4 is 34.5 Å². The van der Waals surface area contributed by atoms with Crippen molar-refractivity contribution in [3.63, 3.8) is 0 Å². The first-order valence-electron chi connectivity index (χ1n) is 4.89. The summed E-state index contributed by atoms with van der Waals surface area (Å²) in [5.74, 6) is -0.0642. The highest BCUT2D eigenvalue weighted by Crippen LogP contribution is 2.09. The van der Waals surface area contributed by atoms with Gasteiger partial charge in [-0.05, 0) is 5.92 Å². The molecule has 0 aromatic rings. The van der Waals surface area contributed by atoms with Crippen molar-refractivity contribution in [1.29, 1.82) is 0 Å². The van der Waals surface area contributed by atoms with Crippen LogP contribution < -0.4 is 5.32 Å². The molecular weight excluding hydrogens is 309 g/mol. The highest BCUT2D eigenvalue weighted by molar-refractivity contribution is 14.1. The summed E-state index contributed by atoms with van der Waals surface area (Å²) in [6, 6.07) is 0. The molecule has 0 rings (SSSR count). The first kappa shape index (κ1) is 14.7. The second-order valence-corrected chi connectivity index (χ2v) is 5.27. The SMILES string of the molecule is COC(=O)C(I)CNC(=O)C(C)C(C)C. The Morgan fingerprint density at radius 2 is 1.87 bits per heavy atom. The molecular formula is C10H18INO3. The number of amides is 1. The van der Waals surface area contributed by atoms with E-state index in [1.165, 1.54) is 7.11 Å². The second-order valence-electron chi connectivity index (χ2n) is 3.77. The number of esters is 1. The van der Waals surface area contributed by atoms with Crippen LogP contribution in [0.1, 0.15) is 20.8 Å². The zero-order valence-electron chi connectivity index (χ0n) is 9.54. The van der Waals surface area contributed by atoms with E-state index in [2.05, 4.69) is 10.1 Å². The van der Waals surface area contributed by atoms with Crippen molar-refractivity contribution in [2.45, 2.75) is 24.7 Å². The fourth-order valence-electron chi connectivity index (χ4n) is 0.865. The molecule has 15 heavy (non-hydrogen) atoms. The number of hydrogen-bond donors (Lipinski definition) is 1. The van der Waals surface area contributed by atoms with Crippen molar-refractivity contribution in [3.05, 3.63) is 0 Å². The Kier molecular flexibility index (Phi) is 6.87. The zero-order chi connectivity index (χ0) is 12.0. The highest BCUT2D eigenvalue weighted by atomic mass is 127. The Balaban J connectivity index is 3.95. The van der Waals surface area contributed by atoms with E-state index < -0.39 is 0 Å². The molecule has 1 amide bonds. The average Bonchev–Trinajstić information content (AvgIpc) is 2.22. The van der Waals surface area contributed by atoms with E-state index in [1.807, 2.05) is 43.4 Å². The lowest BCUT2D eigenvalue weighted by molar-refractivity contribution is -0.139. The number of carbonyl (C=O) groups is 2. The summed E-state index contributed by atoms with van der Waals surface area (Å²) in [5.41, 5.74) is 0. The van der Waals surface area contributed by atoms with Crippen molar-refractivity contribution in [3.8, 4) is 0 Å². The molecule has 1 N–H and O–H groups in total. The van der Waals surface area contributed by atoms with Crippen LogP contribution in [0.15, 0.2) is 0 Å². The maximum Gasteiger partial charge on any atom is 0.320 e. The topological polar surface area (TPSA) is 55.4 Å². The van der Waals surface area contributed by atoms with Gasteiger partial charge in [0.25, 0.3) is 0 Å². The van der Waals surface area contributed by atoms with E-state index in [0.717, 1.165) is 0 Å². The molecule has 4 nitrogen and oxygen atoms in total. The minimum absolute atomic E-state index is 0.0180. The molecule has 0 fully saturated rings. The second kappa shape index (κ2) is 7.03. The smallest absolute Gasteiger partial charge is 0.320 e. The van der Waals surface area contributed by atoms with Gasteiger partial charge >= 0.3 is 5.97 Å². The van der Waals surface area contributed by atoms with E-state index in [1.54, 1.807) is 0 Å². The molecule has 0 aliphatic carbocycles. The van der Waals surface area contributed by atoms with Crippen LogP contribution in [0, 0.1) is 11.8 Å². The van der Waals surface area contributed by atoms with Gasteiger partial charge in [-0.2, -0.15) is 0 Å². The zero-order valence-corrected chi connectivity index (χ0v) is 11.7. The molecule has 0 aliphatic heterocycles. The predicted octanol–water partition coefficient (Wildman–Crippen LogP) is 1.37. The molecule has 0 saturated heterocycles. The van der Waals surface area contributed by atoms with E-state index in [0.29, 0.717) is 12.5 Å². The number of nitrogens with one attached hydrogen (secondary N) is 1. The van der Waals surface area contributed by atoms with E-state index in [-0.39, 0.29) is 21.7 Å². The maximum absolute atomic E-state index is 11.5. The van der Waals surface area contributed by atoms with E-state index >= 15 is 0 Å². The summed E-state index contributed by atoms with van der Waals surface area (Å²) in [6.07, 6.45) is 0. The number of methoxy groups -OCH3 is 1. The molecule has 0 radical (unpaired) electrons. The molecule has 0 aromatic carbocycles. The average molecular weight is 327 g/mol. The van der Waals surface area contributed by atoms with Crippen LogP contribution in [-0.4, -0.2) is 29.5 Å². The fraction of sp³-hybridized carbons (Fsp3) is 0.800. The number of carbonyl (C=O) groups excluding carboxylic acids is 2. The lowest BCUT2D eigenvalue weighted by Gasteiger charge is -2.16. The van der Waals surface area contributed by atoms with Gasteiger partial charge < -0.3 is 10.1 Å². The summed E-state index contributed by atoms with van der Waals surface area (Å²) < 4.78 is 4.23. The van der Waals surface area contributed by atoms with Crippen molar-refractivity contribution < 1.29 is 14.3 Å². The molecule has 0 heterocycles. The molecule has 0 bridgehead atoms. The Hall–Kier alpha value is -0.330.